The first-order valence-electron chi connectivity index (χ1n) is 15.0. The fourth-order valence-electron chi connectivity index (χ4n) is 6.67. The van der Waals surface area contributed by atoms with Crippen molar-refractivity contribution in [3.05, 3.63) is 60.0 Å². The lowest BCUT2D eigenvalue weighted by atomic mass is 9.79. The van der Waals surface area contributed by atoms with Gasteiger partial charge in [-0.1, -0.05) is 35.5 Å². The second kappa shape index (κ2) is 10.6. The molecule has 0 radical (unpaired) electrons. The number of nitrogens with zero attached hydrogens (tertiary/aromatic N) is 6. The topological polar surface area (TPSA) is 105 Å². The zero-order valence-corrected chi connectivity index (χ0v) is 25.7. The van der Waals surface area contributed by atoms with Crippen LogP contribution in [0, 0.1) is 18.8 Å². The second-order valence-corrected chi connectivity index (χ2v) is 14.3. The monoisotopic (exact) mass is 620 g/mol. The van der Waals surface area contributed by atoms with Gasteiger partial charge in [0.1, 0.15) is 10.4 Å². The second-order valence-electron chi connectivity index (χ2n) is 12.3. The number of hydrogen-bond acceptors (Lipinski definition) is 7. The number of sulfone groups is 1. The van der Waals surface area contributed by atoms with Gasteiger partial charge in [0.2, 0.25) is 11.8 Å². The molecule has 2 aliphatic carbocycles. The molecule has 2 fully saturated rings. The van der Waals surface area contributed by atoms with Crippen molar-refractivity contribution in [2.45, 2.75) is 62.3 Å². The molecule has 0 spiro atoms. The van der Waals surface area contributed by atoms with Crippen molar-refractivity contribution in [3.63, 3.8) is 0 Å². The van der Waals surface area contributed by atoms with Gasteiger partial charge >= 0.3 is 0 Å². The molecule has 0 bridgehead atoms. The van der Waals surface area contributed by atoms with Crippen molar-refractivity contribution in [3.8, 4) is 17.1 Å². The minimum absolute atomic E-state index is 0.0475. The molecule has 1 aromatic carbocycles. The first-order valence-corrected chi connectivity index (χ1v) is 16.9. The number of aromatic nitrogens is 6. The Bertz CT molecular complexity index is 1960. The number of hydrogen-bond donors (Lipinski definition) is 0. The van der Waals surface area contributed by atoms with E-state index in [0.717, 1.165) is 35.4 Å². The van der Waals surface area contributed by atoms with E-state index in [4.69, 9.17) is 9.72 Å². The Morgan fingerprint density at radius 3 is 2.43 bits per heavy atom. The summed E-state index contributed by atoms with van der Waals surface area (Å²) in [5, 5.41) is 8.89. The van der Waals surface area contributed by atoms with E-state index < -0.39 is 21.8 Å². The van der Waals surface area contributed by atoms with Crippen LogP contribution >= 0.6 is 0 Å². The molecule has 2 aliphatic rings. The molecule has 44 heavy (non-hydrogen) atoms. The third-order valence-electron chi connectivity index (χ3n) is 9.04. The minimum Gasteiger partial charge on any atom is -0.477 e. The van der Waals surface area contributed by atoms with E-state index in [9.17, 15) is 17.2 Å². The van der Waals surface area contributed by atoms with Crippen LogP contribution in [0.1, 0.15) is 55.8 Å². The fourth-order valence-corrected chi connectivity index (χ4v) is 7.46. The molecule has 0 unspecified atom stereocenters. The van der Waals surface area contributed by atoms with Crippen LogP contribution in [0.3, 0.4) is 0 Å². The molecular weight excluding hydrogens is 586 g/mol. The van der Waals surface area contributed by atoms with Crippen molar-refractivity contribution in [2.75, 3.05) is 12.9 Å². The summed E-state index contributed by atoms with van der Waals surface area (Å²) in [6, 6.07) is 11.2. The molecule has 1 atom stereocenters. The van der Waals surface area contributed by atoms with E-state index in [1.165, 1.54) is 12.5 Å². The van der Waals surface area contributed by atoms with Crippen LogP contribution in [0.4, 0.5) is 8.78 Å². The van der Waals surface area contributed by atoms with Crippen LogP contribution in [0.15, 0.2) is 53.7 Å². The van der Waals surface area contributed by atoms with Crippen LogP contribution in [0.2, 0.25) is 0 Å². The molecule has 230 valence electrons. The molecule has 0 saturated heterocycles. The number of ether oxygens (including phenoxy) is 1. The maximum absolute atomic E-state index is 14.5. The van der Waals surface area contributed by atoms with Gasteiger partial charge in [-0.25, -0.2) is 26.9 Å². The molecule has 0 amide bonds. The summed E-state index contributed by atoms with van der Waals surface area (Å²) in [5.41, 5.74) is 4.79. The van der Waals surface area contributed by atoms with Gasteiger partial charge in [-0.15, -0.1) is 5.10 Å². The van der Waals surface area contributed by atoms with Gasteiger partial charge in [-0.05, 0) is 56.1 Å². The lowest BCUT2D eigenvalue weighted by molar-refractivity contribution is -0.0493. The van der Waals surface area contributed by atoms with Crippen LogP contribution in [0.5, 0.6) is 5.88 Å². The Labute approximate surface area is 254 Å². The maximum Gasteiger partial charge on any atom is 0.248 e. The standard InChI is InChI=1S/C32H34F2N6O3S/c1-19-28(39(2)38-37-19)23-15-24-27(35-16-23)26-30(25(44(3,41)42)17-36-31(26)43-18-20-9-10-20)40(24)29(21-7-5-4-6-8-21)22-11-13-32(33,34)14-12-22/h4-8,15-17,20,22,29H,9-14,18H2,1-3H3/t29-/m1/s1. The predicted octanol–water partition coefficient (Wildman–Crippen LogP) is 6.30. The fraction of sp³-hybridized carbons (Fsp3) is 0.438. The van der Waals surface area contributed by atoms with E-state index in [1.54, 1.807) is 17.9 Å². The third-order valence-corrected chi connectivity index (χ3v) is 10.1. The average molecular weight is 621 g/mol. The van der Waals surface area contributed by atoms with E-state index in [1.807, 2.05) is 47.9 Å². The average Bonchev–Trinajstić information content (AvgIpc) is 3.69. The van der Waals surface area contributed by atoms with E-state index in [-0.39, 0.29) is 36.5 Å². The Balaban J connectivity index is 1.58. The number of rotatable bonds is 8. The summed E-state index contributed by atoms with van der Waals surface area (Å²) in [6.45, 7) is 2.34. The maximum atomic E-state index is 14.5. The lowest BCUT2D eigenvalue weighted by Crippen LogP contribution is -2.30. The lowest BCUT2D eigenvalue weighted by Gasteiger charge is -2.36. The van der Waals surface area contributed by atoms with Gasteiger partial charge in [-0.2, -0.15) is 0 Å². The van der Waals surface area contributed by atoms with Gasteiger partial charge in [0, 0.05) is 37.9 Å². The molecule has 5 aromatic rings. The summed E-state index contributed by atoms with van der Waals surface area (Å²) in [5.74, 6) is -2.14. The third kappa shape index (κ3) is 5.12. The first kappa shape index (κ1) is 28.8. The van der Waals surface area contributed by atoms with Crippen LogP contribution in [-0.4, -0.2) is 56.7 Å². The van der Waals surface area contributed by atoms with E-state index in [0.29, 0.717) is 40.3 Å². The molecular formula is C32H34F2N6O3S. The SMILES string of the molecule is Cc1nnn(C)c1-c1cnc2c3c(OCC4CC4)ncc(S(C)(=O)=O)c3n([C@H](c3ccccc3)C3CCC(F)(F)CC3)c2c1. The van der Waals surface area contributed by atoms with Crippen molar-refractivity contribution in [1.82, 2.24) is 29.5 Å². The van der Waals surface area contributed by atoms with Crippen LogP contribution in [0.25, 0.3) is 33.2 Å². The highest BCUT2D eigenvalue weighted by Gasteiger charge is 2.40. The van der Waals surface area contributed by atoms with Gasteiger partial charge in [0.25, 0.3) is 0 Å². The molecule has 0 aliphatic heterocycles. The van der Waals surface area contributed by atoms with Crippen molar-refractivity contribution in [2.24, 2.45) is 18.9 Å². The highest BCUT2D eigenvalue weighted by Crippen LogP contribution is 2.48. The Kier molecular flexibility index (Phi) is 6.95. The van der Waals surface area contributed by atoms with E-state index >= 15 is 0 Å². The number of fused-ring (bicyclic) bond motifs is 3. The smallest absolute Gasteiger partial charge is 0.248 e. The molecule has 7 rings (SSSR count). The number of halogens is 2. The molecule has 0 N–H and O–H groups in total. The van der Waals surface area contributed by atoms with Gasteiger partial charge in [-0.3, -0.25) is 4.98 Å². The summed E-state index contributed by atoms with van der Waals surface area (Å²) < 4.78 is 65.7. The number of pyridine rings is 2. The van der Waals surface area contributed by atoms with Crippen LogP contribution in [-0.2, 0) is 16.9 Å². The summed E-state index contributed by atoms with van der Waals surface area (Å²) in [7, 11) is -1.97. The Morgan fingerprint density at radius 1 is 1.07 bits per heavy atom. The zero-order valence-electron chi connectivity index (χ0n) is 24.9. The molecule has 4 heterocycles. The van der Waals surface area contributed by atoms with Gasteiger partial charge in [0.05, 0.1) is 46.7 Å². The number of benzene rings is 1. The molecule has 4 aromatic heterocycles. The summed E-state index contributed by atoms with van der Waals surface area (Å²) in [4.78, 5) is 9.48. The largest absolute Gasteiger partial charge is 0.477 e. The van der Waals surface area contributed by atoms with Crippen molar-refractivity contribution >= 4 is 31.8 Å². The molecule has 9 nitrogen and oxygen atoms in total. The highest BCUT2D eigenvalue weighted by atomic mass is 32.2. The van der Waals surface area contributed by atoms with Gasteiger partial charge < -0.3 is 9.30 Å². The van der Waals surface area contributed by atoms with Crippen LogP contribution < -0.4 is 4.74 Å². The summed E-state index contributed by atoms with van der Waals surface area (Å²) >= 11 is 0. The first-order chi connectivity index (χ1) is 21.0. The van der Waals surface area contributed by atoms with Gasteiger partial charge in [0.15, 0.2) is 9.84 Å². The van der Waals surface area contributed by atoms with Crippen molar-refractivity contribution in [1.29, 1.82) is 0 Å². The zero-order chi connectivity index (χ0) is 30.8. The molecule has 12 heteroatoms. The summed E-state index contributed by atoms with van der Waals surface area (Å²) in [6.07, 6.45) is 6.54. The normalized spacial score (nSPS) is 18.2. The predicted molar refractivity (Wildman–Crippen MR) is 163 cm³/mol. The van der Waals surface area contributed by atoms with E-state index in [2.05, 4.69) is 15.3 Å². The Hall–Kier alpha value is -3.93. The number of aryl methyl sites for hydroxylation is 2. The van der Waals surface area contributed by atoms with Crippen molar-refractivity contribution < 1.29 is 21.9 Å². The quantitative estimate of drug-likeness (QED) is 0.201. The molecule has 2 saturated carbocycles. The number of alkyl halides is 2. The highest BCUT2D eigenvalue weighted by molar-refractivity contribution is 7.91. The minimum atomic E-state index is -3.78. The Morgan fingerprint density at radius 2 is 1.80 bits per heavy atom.